The summed E-state index contributed by atoms with van der Waals surface area (Å²) in [5.74, 6) is 0.864. The smallest absolute Gasteiger partial charge is 0.253 e. The first-order chi connectivity index (χ1) is 8.11. The van der Waals surface area contributed by atoms with Gasteiger partial charge in [-0.05, 0) is 37.1 Å². The number of methoxy groups -OCH3 is 1. The second kappa shape index (κ2) is 4.75. The first kappa shape index (κ1) is 11.9. The van der Waals surface area contributed by atoms with Gasteiger partial charge in [0, 0.05) is 24.7 Å². The number of carbonyl (C=O) groups excluding carboxylic acids is 1. The summed E-state index contributed by atoms with van der Waals surface area (Å²) in [5.41, 5.74) is 7.48. The van der Waals surface area contributed by atoms with E-state index >= 15 is 0 Å². The van der Waals surface area contributed by atoms with Gasteiger partial charge in [0.15, 0.2) is 0 Å². The molecular formula is C13H18N2O2. The first-order valence-corrected chi connectivity index (χ1v) is 5.81. The average molecular weight is 234 g/mol. The number of rotatable bonds is 2. The van der Waals surface area contributed by atoms with Gasteiger partial charge in [0.05, 0.1) is 7.11 Å². The molecule has 0 spiro atoms. The van der Waals surface area contributed by atoms with Crippen molar-refractivity contribution in [2.75, 3.05) is 20.2 Å². The third-order valence-electron chi connectivity index (χ3n) is 3.15. The lowest BCUT2D eigenvalue weighted by atomic mass is 10.1. The highest BCUT2D eigenvalue weighted by molar-refractivity contribution is 5.94. The highest BCUT2D eigenvalue weighted by atomic mass is 16.5. The third kappa shape index (κ3) is 2.42. The molecule has 0 aliphatic carbocycles. The fourth-order valence-corrected chi connectivity index (χ4v) is 2.17. The van der Waals surface area contributed by atoms with Crippen molar-refractivity contribution in [3.05, 3.63) is 29.3 Å². The van der Waals surface area contributed by atoms with Crippen molar-refractivity contribution in [3.8, 4) is 5.75 Å². The second-order valence-corrected chi connectivity index (χ2v) is 4.48. The number of hydrogen-bond donors (Lipinski definition) is 1. The summed E-state index contributed by atoms with van der Waals surface area (Å²) in [5, 5.41) is 0. The van der Waals surface area contributed by atoms with E-state index in [0.717, 1.165) is 24.3 Å². The van der Waals surface area contributed by atoms with Crippen LogP contribution in [0.4, 0.5) is 0 Å². The number of hydrogen-bond acceptors (Lipinski definition) is 3. The zero-order chi connectivity index (χ0) is 12.4. The van der Waals surface area contributed by atoms with Crippen LogP contribution in [0.3, 0.4) is 0 Å². The Labute approximate surface area is 101 Å². The first-order valence-electron chi connectivity index (χ1n) is 5.81. The van der Waals surface area contributed by atoms with Gasteiger partial charge in [0.1, 0.15) is 5.75 Å². The van der Waals surface area contributed by atoms with Crippen molar-refractivity contribution in [1.82, 2.24) is 4.90 Å². The van der Waals surface area contributed by atoms with Crippen LogP contribution in [0.15, 0.2) is 18.2 Å². The molecule has 0 aromatic heterocycles. The van der Waals surface area contributed by atoms with Gasteiger partial charge in [-0.1, -0.05) is 0 Å². The van der Waals surface area contributed by atoms with Crippen LogP contribution in [-0.4, -0.2) is 37.0 Å². The zero-order valence-electron chi connectivity index (χ0n) is 10.3. The topological polar surface area (TPSA) is 55.6 Å². The highest BCUT2D eigenvalue weighted by Gasteiger charge is 2.24. The minimum Gasteiger partial charge on any atom is -0.496 e. The second-order valence-electron chi connectivity index (χ2n) is 4.48. The summed E-state index contributed by atoms with van der Waals surface area (Å²) >= 11 is 0. The van der Waals surface area contributed by atoms with Crippen LogP contribution in [0.25, 0.3) is 0 Å². The van der Waals surface area contributed by atoms with Gasteiger partial charge >= 0.3 is 0 Å². The van der Waals surface area contributed by atoms with E-state index in [9.17, 15) is 4.79 Å². The van der Waals surface area contributed by atoms with Crippen LogP contribution in [0, 0.1) is 6.92 Å². The number of likely N-dealkylation sites (tertiary alicyclic amines) is 1. The number of aryl methyl sites for hydroxylation is 1. The van der Waals surface area contributed by atoms with E-state index in [-0.39, 0.29) is 11.9 Å². The Balaban J connectivity index is 2.17. The van der Waals surface area contributed by atoms with E-state index in [1.165, 1.54) is 0 Å². The summed E-state index contributed by atoms with van der Waals surface area (Å²) in [4.78, 5) is 14.0. The van der Waals surface area contributed by atoms with Gasteiger partial charge in [0.2, 0.25) is 0 Å². The van der Waals surface area contributed by atoms with Crippen molar-refractivity contribution in [3.63, 3.8) is 0 Å². The Hall–Kier alpha value is -1.55. The Morgan fingerprint density at radius 3 is 2.82 bits per heavy atom. The van der Waals surface area contributed by atoms with Crippen LogP contribution in [0.5, 0.6) is 5.75 Å². The summed E-state index contributed by atoms with van der Waals surface area (Å²) in [6.45, 7) is 3.35. The number of nitrogens with two attached hydrogens (primary N) is 1. The molecule has 1 aliphatic heterocycles. The molecule has 1 atom stereocenters. The molecule has 0 radical (unpaired) electrons. The molecule has 0 unspecified atom stereocenters. The molecular weight excluding hydrogens is 216 g/mol. The van der Waals surface area contributed by atoms with Crippen LogP contribution in [0.2, 0.25) is 0 Å². The molecule has 0 bridgehead atoms. The molecule has 1 aromatic carbocycles. The van der Waals surface area contributed by atoms with Crippen molar-refractivity contribution in [2.24, 2.45) is 5.73 Å². The van der Waals surface area contributed by atoms with Gasteiger partial charge < -0.3 is 15.4 Å². The highest BCUT2D eigenvalue weighted by Crippen LogP contribution is 2.20. The van der Waals surface area contributed by atoms with Crippen molar-refractivity contribution >= 4 is 5.91 Å². The van der Waals surface area contributed by atoms with Gasteiger partial charge in [-0.2, -0.15) is 0 Å². The number of nitrogens with zero attached hydrogens (tertiary/aromatic N) is 1. The number of ether oxygens (including phenoxy) is 1. The van der Waals surface area contributed by atoms with E-state index in [1.54, 1.807) is 13.2 Å². The number of amides is 1. The SMILES string of the molecule is COc1ccc(C(=O)N2CC[C@@H](N)C2)cc1C. The lowest BCUT2D eigenvalue weighted by Gasteiger charge is -2.16. The van der Waals surface area contributed by atoms with Gasteiger partial charge in [0.25, 0.3) is 5.91 Å². The van der Waals surface area contributed by atoms with E-state index in [4.69, 9.17) is 10.5 Å². The monoisotopic (exact) mass is 234 g/mol. The molecule has 1 amide bonds. The minimum absolute atomic E-state index is 0.0590. The summed E-state index contributed by atoms with van der Waals surface area (Å²) in [6.07, 6.45) is 0.890. The molecule has 1 aliphatic rings. The molecule has 2 rings (SSSR count). The third-order valence-corrected chi connectivity index (χ3v) is 3.15. The summed E-state index contributed by atoms with van der Waals surface area (Å²) in [6, 6.07) is 5.62. The molecule has 92 valence electrons. The minimum atomic E-state index is 0.0590. The number of benzene rings is 1. The Morgan fingerprint density at radius 2 is 2.29 bits per heavy atom. The molecule has 4 nitrogen and oxygen atoms in total. The fourth-order valence-electron chi connectivity index (χ4n) is 2.17. The largest absolute Gasteiger partial charge is 0.496 e. The summed E-state index contributed by atoms with van der Waals surface area (Å²) in [7, 11) is 1.63. The van der Waals surface area contributed by atoms with E-state index < -0.39 is 0 Å². The van der Waals surface area contributed by atoms with Gasteiger partial charge in [-0.25, -0.2) is 0 Å². The Morgan fingerprint density at radius 1 is 1.53 bits per heavy atom. The molecule has 4 heteroatoms. The molecule has 1 aromatic rings. The molecule has 17 heavy (non-hydrogen) atoms. The normalized spacial score (nSPS) is 19.5. The maximum absolute atomic E-state index is 12.2. The van der Waals surface area contributed by atoms with Crippen LogP contribution >= 0.6 is 0 Å². The standard InChI is InChI=1S/C13H18N2O2/c1-9-7-10(3-4-12(9)17-2)13(16)15-6-5-11(14)8-15/h3-4,7,11H,5-6,8,14H2,1-2H3/t11-/m1/s1. The van der Waals surface area contributed by atoms with Gasteiger partial charge in [-0.15, -0.1) is 0 Å². The average Bonchev–Trinajstić information content (AvgIpc) is 2.75. The Bertz CT molecular complexity index is 431. The molecule has 2 N–H and O–H groups in total. The summed E-state index contributed by atoms with van der Waals surface area (Å²) < 4.78 is 5.18. The van der Waals surface area contributed by atoms with E-state index in [2.05, 4.69) is 0 Å². The predicted octanol–water partition coefficient (Wildman–Crippen LogP) is 1.18. The maximum atomic E-state index is 12.2. The van der Waals surface area contributed by atoms with Gasteiger partial charge in [-0.3, -0.25) is 4.79 Å². The van der Waals surface area contributed by atoms with E-state index in [1.807, 2.05) is 24.0 Å². The molecule has 1 fully saturated rings. The van der Waals surface area contributed by atoms with Crippen molar-refractivity contribution in [1.29, 1.82) is 0 Å². The van der Waals surface area contributed by atoms with Crippen molar-refractivity contribution < 1.29 is 9.53 Å². The predicted molar refractivity (Wildman–Crippen MR) is 66.2 cm³/mol. The maximum Gasteiger partial charge on any atom is 0.253 e. The lowest BCUT2D eigenvalue weighted by molar-refractivity contribution is 0.0791. The Kier molecular flexibility index (Phi) is 3.33. The van der Waals surface area contributed by atoms with Crippen LogP contribution < -0.4 is 10.5 Å². The molecule has 1 saturated heterocycles. The van der Waals surface area contributed by atoms with E-state index in [0.29, 0.717) is 12.1 Å². The molecule has 1 heterocycles. The van der Waals surface area contributed by atoms with Crippen molar-refractivity contribution in [2.45, 2.75) is 19.4 Å². The van der Waals surface area contributed by atoms with Crippen LogP contribution in [-0.2, 0) is 0 Å². The number of carbonyl (C=O) groups is 1. The quantitative estimate of drug-likeness (QED) is 0.836. The lowest BCUT2D eigenvalue weighted by Crippen LogP contribution is -2.31. The van der Waals surface area contributed by atoms with Crippen LogP contribution in [0.1, 0.15) is 22.3 Å². The molecule has 0 saturated carbocycles. The zero-order valence-corrected chi connectivity index (χ0v) is 10.3. The fraction of sp³-hybridized carbons (Fsp3) is 0.462.